The Morgan fingerprint density at radius 3 is 2.56 bits per heavy atom. The summed E-state index contributed by atoms with van der Waals surface area (Å²) in [4.78, 5) is 2.46. The highest BCUT2D eigenvalue weighted by molar-refractivity contribution is 9.10. The first-order chi connectivity index (χ1) is 7.78. The molecule has 0 aromatic heterocycles. The number of hydrogen-bond acceptors (Lipinski definition) is 2. The monoisotopic (exact) mass is 283 g/mol. The van der Waals surface area contributed by atoms with E-state index in [4.69, 9.17) is 5.11 Å². The van der Waals surface area contributed by atoms with Crippen molar-refractivity contribution < 1.29 is 5.11 Å². The number of rotatable bonds is 5. The van der Waals surface area contributed by atoms with E-state index in [2.05, 4.69) is 45.1 Å². The third kappa shape index (κ3) is 3.30. The smallest absolute Gasteiger partial charge is 0.0434 e. The number of likely N-dealkylation sites (tertiary alicyclic amines) is 1. The maximum atomic E-state index is 8.80. The van der Waals surface area contributed by atoms with Crippen molar-refractivity contribution in [1.82, 2.24) is 4.90 Å². The van der Waals surface area contributed by atoms with E-state index in [1.807, 2.05) is 0 Å². The van der Waals surface area contributed by atoms with Crippen LogP contribution in [0, 0.1) is 5.92 Å². The summed E-state index contributed by atoms with van der Waals surface area (Å²) in [6.45, 7) is 3.81. The van der Waals surface area contributed by atoms with Gasteiger partial charge in [0.2, 0.25) is 0 Å². The minimum atomic E-state index is 0.339. The van der Waals surface area contributed by atoms with Gasteiger partial charge in [0.05, 0.1) is 0 Å². The van der Waals surface area contributed by atoms with Crippen LogP contribution in [0.25, 0.3) is 0 Å². The predicted octanol–water partition coefficient (Wildman–Crippen LogP) is 2.31. The number of aliphatic hydroxyl groups excluding tert-OH is 1. The van der Waals surface area contributed by atoms with Crippen molar-refractivity contribution in [3.8, 4) is 0 Å². The third-order valence-electron chi connectivity index (χ3n) is 3.20. The van der Waals surface area contributed by atoms with Crippen LogP contribution >= 0.6 is 15.9 Å². The quantitative estimate of drug-likeness (QED) is 0.897. The maximum Gasteiger partial charge on any atom is 0.0434 e. The van der Waals surface area contributed by atoms with Crippen LogP contribution in [-0.2, 0) is 6.42 Å². The lowest BCUT2D eigenvalue weighted by atomic mass is 9.96. The number of hydrogen-bond donors (Lipinski definition) is 1. The zero-order chi connectivity index (χ0) is 11.4. The summed E-state index contributed by atoms with van der Waals surface area (Å²) in [6.07, 6.45) is 2.09. The Balaban J connectivity index is 1.67. The van der Waals surface area contributed by atoms with Gasteiger partial charge >= 0.3 is 0 Å². The Morgan fingerprint density at radius 1 is 1.25 bits per heavy atom. The van der Waals surface area contributed by atoms with Gasteiger partial charge in [-0.1, -0.05) is 28.1 Å². The Hall–Kier alpha value is -0.380. The second-order valence-corrected chi connectivity index (χ2v) is 5.43. The average Bonchev–Trinajstić information content (AvgIpc) is 2.24. The molecule has 1 aliphatic rings. The second kappa shape index (κ2) is 5.80. The number of benzene rings is 1. The van der Waals surface area contributed by atoms with Crippen LogP contribution in [0.5, 0.6) is 0 Å². The molecule has 0 saturated carbocycles. The molecular formula is C13H18BrNO. The molecule has 1 aliphatic heterocycles. The molecule has 0 aliphatic carbocycles. The van der Waals surface area contributed by atoms with Gasteiger partial charge in [-0.2, -0.15) is 0 Å². The molecule has 1 fully saturated rings. The van der Waals surface area contributed by atoms with Gasteiger partial charge in [-0.25, -0.2) is 0 Å². The van der Waals surface area contributed by atoms with Crippen LogP contribution in [0.15, 0.2) is 28.7 Å². The highest BCUT2D eigenvalue weighted by atomic mass is 79.9. The van der Waals surface area contributed by atoms with Gasteiger partial charge in [0.25, 0.3) is 0 Å². The summed E-state index contributed by atoms with van der Waals surface area (Å²) in [6, 6.07) is 8.55. The van der Waals surface area contributed by atoms with Crippen LogP contribution in [-0.4, -0.2) is 36.2 Å². The zero-order valence-electron chi connectivity index (χ0n) is 9.40. The first-order valence-electron chi connectivity index (χ1n) is 5.85. The van der Waals surface area contributed by atoms with E-state index < -0.39 is 0 Å². The van der Waals surface area contributed by atoms with E-state index in [0.717, 1.165) is 42.9 Å². The number of halogens is 1. The molecule has 0 unspecified atom stereocenters. The van der Waals surface area contributed by atoms with E-state index in [0.29, 0.717) is 6.61 Å². The van der Waals surface area contributed by atoms with Crippen LogP contribution in [0.4, 0.5) is 0 Å². The number of nitrogens with zero attached hydrogens (tertiary/aromatic N) is 1. The molecule has 88 valence electrons. The largest absolute Gasteiger partial charge is 0.396 e. The standard InChI is InChI=1S/C13H18BrNO/c14-13-3-1-11(2-4-13)5-7-15-9-12(10-15)6-8-16/h1-4,12,16H,5-10H2. The van der Waals surface area contributed by atoms with Gasteiger partial charge in [-0.15, -0.1) is 0 Å². The van der Waals surface area contributed by atoms with E-state index in [-0.39, 0.29) is 0 Å². The molecule has 0 spiro atoms. The summed E-state index contributed by atoms with van der Waals surface area (Å²) >= 11 is 3.44. The van der Waals surface area contributed by atoms with Crippen LogP contribution in [0.2, 0.25) is 0 Å². The van der Waals surface area contributed by atoms with Gasteiger partial charge in [-0.05, 0) is 36.5 Å². The van der Waals surface area contributed by atoms with Crippen molar-refractivity contribution in [2.75, 3.05) is 26.2 Å². The van der Waals surface area contributed by atoms with Crippen LogP contribution in [0.3, 0.4) is 0 Å². The molecule has 3 heteroatoms. The molecular weight excluding hydrogens is 266 g/mol. The molecule has 0 atom stereocenters. The molecule has 2 nitrogen and oxygen atoms in total. The van der Waals surface area contributed by atoms with Crippen molar-refractivity contribution in [2.45, 2.75) is 12.8 Å². The summed E-state index contributed by atoms with van der Waals surface area (Å²) in [5.41, 5.74) is 1.40. The summed E-state index contributed by atoms with van der Waals surface area (Å²) in [5.74, 6) is 0.731. The second-order valence-electron chi connectivity index (χ2n) is 4.51. The average molecular weight is 284 g/mol. The van der Waals surface area contributed by atoms with E-state index in [1.54, 1.807) is 0 Å². The molecule has 1 aromatic rings. The SMILES string of the molecule is OCCC1CN(CCc2ccc(Br)cc2)C1. The first-order valence-corrected chi connectivity index (χ1v) is 6.65. The molecule has 1 aromatic carbocycles. The lowest BCUT2D eigenvalue weighted by Gasteiger charge is -2.39. The van der Waals surface area contributed by atoms with Gasteiger partial charge in [0, 0.05) is 30.7 Å². The Bertz CT molecular complexity index is 319. The Morgan fingerprint density at radius 2 is 1.94 bits per heavy atom. The van der Waals surface area contributed by atoms with E-state index in [9.17, 15) is 0 Å². The van der Waals surface area contributed by atoms with Crippen molar-refractivity contribution in [3.05, 3.63) is 34.3 Å². The highest BCUT2D eigenvalue weighted by Crippen LogP contribution is 2.19. The third-order valence-corrected chi connectivity index (χ3v) is 3.73. The molecule has 0 bridgehead atoms. The minimum absolute atomic E-state index is 0.339. The Kier molecular flexibility index (Phi) is 4.38. The van der Waals surface area contributed by atoms with Crippen molar-refractivity contribution in [3.63, 3.8) is 0 Å². The fraction of sp³-hybridized carbons (Fsp3) is 0.538. The van der Waals surface area contributed by atoms with E-state index in [1.165, 1.54) is 5.56 Å². The van der Waals surface area contributed by atoms with Gasteiger partial charge < -0.3 is 10.0 Å². The zero-order valence-corrected chi connectivity index (χ0v) is 11.0. The first kappa shape index (κ1) is 12.1. The topological polar surface area (TPSA) is 23.5 Å². The van der Waals surface area contributed by atoms with Crippen LogP contribution in [0.1, 0.15) is 12.0 Å². The Labute approximate surface area is 105 Å². The summed E-state index contributed by atoms with van der Waals surface area (Å²) in [5, 5.41) is 8.80. The molecule has 16 heavy (non-hydrogen) atoms. The molecule has 2 rings (SSSR count). The maximum absolute atomic E-state index is 8.80. The van der Waals surface area contributed by atoms with Gasteiger partial charge in [-0.3, -0.25) is 0 Å². The fourth-order valence-corrected chi connectivity index (χ4v) is 2.43. The number of aliphatic hydroxyl groups is 1. The summed E-state index contributed by atoms with van der Waals surface area (Å²) < 4.78 is 1.14. The van der Waals surface area contributed by atoms with Crippen molar-refractivity contribution in [1.29, 1.82) is 0 Å². The van der Waals surface area contributed by atoms with Gasteiger partial charge in [0.1, 0.15) is 0 Å². The van der Waals surface area contributed by atoms with Crippen molar-refractivity contribution in [2.24, 2.45) is 5.92 Å². The van der Waals surface area contributed by atoms with Gasteiger partial charge in [0.15, 0.2) is 0 Å². The molecule has 0 radical (unpaired) electrons. The van der Waals surface area contributed by atoms with Crippen LogP contribution < -0.4 is 0 Å². The molecule has 0 amide bonds. The minimum Gasteiger partial charge on any atom is -0.396 e. The molecule has 1 heterocycles. The highest BCUT2D eigenvalue weighted by Gasteiger charge is 2.25. The fourth-order valence-electron chi connectivity index (χ4n) is 2.16. The molecule has 1 saturated heterocycles. The predicted molar refractivity (Wildman–Crippen MR) is 69.5 cm³/mol. The van der Waals surface area contributed by atoms with Crippen molar-refractivity contribution >= 4 is 15.9 Å². The lowest BCUT2D eigenvalue weighted by Crippen LogP contribution is -2.47. The normalized spacial score (nSPS) is 17.4. The van der Waals surface area contributed by atoms with E-state index >= 15 is 0 Å². The lowest BCUT2D eigenvalue weighted by molar-refractivity contribution is 0.0806. The molecule has 1 N–H and O–H groups in total. The summed E-state index contributed by atoms with van der Waals surface area (Å²) in [7, 11) is 0.